The smallest absolute Gasteiger partial charge is 0.265 e. The molecule has 3 rings (SSSR count). The second kappa shape index (κ2) is 5.93. The van der Waals surface area contributed by atoms with Crippen molar-refractivity contribution in [3.05, 3.63) is 45.6 Å². The quantitative estimate of drug-likeness (QED) is 0.938. The predicted octanol–water partition coefficient (Wildman–Crippen LogP) is 3.74. The van der Waals surface area contributed by atoms with Gasteiger partial charge in [-0.3, -0.25) is 9.59 Å². The van der Waals surface area contributed by atoms with Gasteiger partial charge in [0.15, 0.2) is 0 Å². The SMILES string of the molecule is Cc1cc(C(=O)Nc2ccccc2N2CCCC2=O)sc1C. The topological polar surface area (TPSA) is 49.4 Å². The van der Waals surface area contributed by atoms with Crippen molar-refractivity contribution >= 4 is 34.5 Å². The van der Waals surface area contributed by atoms with E-state index in [1.54, 1.807) is 4.90 Å². The molecular weight excluding hydrogens is 296 g/mol. The highest BCUT2D eigenvalue weighted by molar-refractivity contribution is 7.14. The van der Waals surface area contributed by atoms with Gasteiger partial charge in [-0.1, -0.05) is 12.1 Å². The molecule has 0 radical (unpaired) electrons. The minimum absolute atomic E-state index is 0.115. The zero-order valence-electron chi connectivity index (χ0n) is 12.7. The van der Waals surface area contributed by atoms with E-state index in [0.29, 0.717) is 23.5 Å². The number of benzene rings is 1. The molecule has 114 valence electrons. The van der Waals surface area contributed by atoms with Crippen molar-refractivity contribution in [3.8, 4) is 0 Å². The summed E-state index contributed by atoms with van der Waals surface area (Å²) in [6.45, 7) is 4.72. The summed E-state index contributed by atoms with van der Waals surface area (Å²) < 4.78 is 0. The van der Waals surface area contributed by atoms with E-state index in [9.17, 15) is 9.59 Å². The summed E-state index contributed by atoms with van der Waals surface area (Å²) in [6, 6.07) is 9.37. The molecule has 1 aliphatic rings. The van der Waals surface area contributed by atoms with E-state index in [1.807, 2.05) is 44.2 Å². The Balaban J connectivity index is 1.86. The molecule has 1 aromatic carbocycles. The van der Waals surface area contributed by atoms with Crippen LogP contribution in [-0.2, 0) is 4.79 Å². The predicted molar refractivity (Wildman–Crippen MR) is 89.8 cm³/mol. The van der Waals surface area contributed by atoms with Crippen molar-refractivity contribution in [2.24, 2.45) is 0 Å². The molecule has 1 aromatic heterocycles. The second-order valence-electron chi connectivity index (χ2n) is 5.47. The lowest BCUT2D eigenvalue weighted by Gasteiger charge is -2.19. The van der Waals surface area contributed by atoms with Gasteiger partial charge in [-0.05, 0) is 44.0 Å². The maximum atomic E-state index is 12.4. The molecule has 0 unspecified atom stereocenters. The Morgan fingerprint density at radius 2 is 2.05 bits per heavy atom. The first-order valence-electron chi connectivity index (χ1n) is 7.34. The summed E-state index contributed by atoms with van der Waals surface area (Å²) in [7, 11) is 0. The zero-order valence-corrected chi connectivity index (χ0v) is 13.5. The van der Waals surface area contributed by atoms with Crippen LogP contribution in [0.25, 0.3) is 0 Å². The Morgan fingerprint density at radius 1 is 1.27 bits per heavy atom. The van der Waals surface area contributed by atoms with Gasteiger partial charge >= 0.3 is 0 Å². The van der Waals surface area contributed by atoms with Gasteiger partial charge in [0.2, 0.25) is 5.91 Å². The number of carbonyl (C=O) groups excluding carboxylic acids is 2. The minimum Gasteiger partial charge on any atom is -0.319 e. The van der Waals surface area contributed by atoms with Crippen LogP contribution in [0.15, 0.2) is 30.3 Å². The number of anilines is 2. The maximum absolute atomic E-state index is 12.4. The Morgan fingerprint density at radius 3 is 2.68 bits per heavy atom. The van der Waals surface area contributed by atoms with Crippen LogP contribution in [0.1, 0.15) is 33.0 Å². The van der Waals surface area contributed by atoms with Gasteiger partial charge in [0.05, 0.1) is 16.3 Å². The van der Waals surface area contributed by atoms with Gasteiger partial charge < -0.3 is 10.2 Å². The van der Waals surface area contributed by atoms with Crippen LogP contribution in [0.4, 0.5) is 11.4 Å². The summed E-state index contributed by atoms with van der Waals surface area (Å²) >= 11 is 1.49. The molecule has 4 nitrogen and oxygen atoms in total. The van der Waals surface area contributed by atoms with Crippen LogP contribution in [0, 0.1) is 13.8 Å². The first-order valence-corrected chi connectivity index (χ1v) is 8.15. The molecule has 5 heteroatoms. The number of amides is 2. The van der Waals surface area contributed by atoms with Gasteiger partial charge in [-0.2, -0.15) is 0 Å². The lowest BCUT2D eigenvalue weighted by atomic mass is 10.2. The van der Waals surface area contributed by atoms with Crippen molar-refractivity contribution in [1.29, 1.82) is 0 Å². The van der Waals surface area contributed by atoms with Crippen LogP contribution in [0.5, 0.6) is 0 Å². The first kappa shape index (κ1) is 14.8. The number of carbonyl (C=O) groups is 2. The minimum atomic E-state index is -0.125. The van der Waals surface area contributed by atoms with Crippen molar-refractivity contribution < 1.29 is 9.59 Å². The molecule has 1 saturated heterocycles. The van der Waals surface area contributed by atoms with E-state index < -0.39 is 0 Å². The zero-order chi connectivity index (χ0) is 15.7. The Kier molecular flexibility index (Phi) is 3.98. The van der Waals surface area contributed by atoms with Gasteiger partial charge in [0.25, 0.3) is 5.91 Å². The fourth-order valence-corrected chi connectivity index (χ4v) is 3.52. The molecule has 2 aromatic rings. The molecule has 0 atom stereocenters. The summed E-state index contributed by atoms with van der Waals surface area (Å²) in [4.78, 5) is 28.0. The van der Waals surface area contributed by atoms with E-state index >= 15 is 0 Å². The number of hydrogen-bond acceptors (Lipinski definition) is 3. The summed E-state index contributed by atoms with van der Waals surface area (Å²) in [5.74, 6) is -0.00944. The van der Waals surface area contributed by atoms with Crippen LogP contribution in [0.3, 0.4) is 0 Å². The molecule has 22 heavy (non-hydrogen) atoms. The van der Waals surface area contributed by atoms with Crippen molar-refractivity contribution in [2.45, 2.75) is 26.7 Å². The highest BCUT2D eigenvalue weighted by Crippen LogP contribution is 2.30. The molecule has 0 saturated carbocycles. The molecule has 0 aliphatic carbocycles. The number of thiophene rings is 1. The lowest BCUT2D eigenvalue weighted by molar-refractivity contribution is -0.117. The molecule has 1 N–H and O–H groups in total. The maximum Gasteiger partial charge on any atom is 0.265 e. The third-order valence-corrected chi connectivity index (χ3v) is 5.06. The van der Waals surface area contributed by atoms with Crippen molar-refractivity contribution in [2.75, 3.05) is 16.8 Å². The Hall–Kier alpha value is -2.14. The fourth-order valence-electron chi connectivity index (χ4n) is 2.59. The van der Waals surface area contributed by atoms with Gasteiger partial charge in [-0.25, -0.2) is 0 Å². The normalized spacial score (nSPS) is 14.5. The number of hydrogen-bond donors (Lipinski definition) is 1. The second-order valence-corrected chi connectivity index (χ2v) is 6.73. The van der Waals surface area contributed by atoms with Crippen LogP contribution in [0.2, 0.25) is 0 Å². The van der Waals surface area contributed by atoms with E-state index in [0.717, 1.165) is 22.5 Å². The van der Waals surface area contributed by atoms with Gasteiger partial charge in [0.1, 0.15) is 0 Å². The number of rotatable bonds is 3. The number of aryl methyl sites for hydroxylation is 2. The average Bonchev–Trinajstić information content (AvgIpc) is 3.06. The monoisotopic (exact) mass is 314 g/mol. The number of nitrogens with zero attached hydrogens (tertiary/aromatic N) is 1. The standard InChI is InChI=1S/C17H18N2O2S/c1-11-10-15(22-12(11)2)17(21)18-13-6-3-4-7-14(13)19-9-5-8-16(19)20/h3-4,6-7,10H,5,8-9H2,1-2H3,(H,18,21). The molecular formula is C17H18N2O2S. The average molecular weight is 314 g/mol. The van der Waals surface area contributed by atoms with Crippen LogP contribution in [-0.4, -0.2) is 18.4 Å². The molecule has 0 bridgehead atoms. The van der Waals surface area contributed by atoms with Crippen molar-refractivity contribution in [3.63, 3.8) is 0 Å². The third kappa shape index (κ3) is 2.76. The number of nitrogens with one attached hydrogen (secondary N) is 1. The van der Waals surface area contributed by atoms with E-state index in [4.69, 9.17) is 0 Å². The highest BCUT2D eigenvalue weighted by Gasteiger charge is 2.24. The third-order valence-electron chi connectivity index (χ3n) is 3.91. The largest absolute Gasteiger partial charge is 0.319 e. The molecule has 1 fully saturated rings. The molecule has 2 amide bonds. The summed E-state index contributed by atoms with van der Waals surface area (Å²) in [6.07, 6.45) is 1.44. The molecule has 1 aliphatic heterocycles. The van der Waals surface area contributed by atoms with Crippen molar-refractivity contribution in [1.82, 2.24) is 0 Å². The van der Waals surface area contributed by atoms with Gasteiger partial charge in [-0.15, -0.1) is 11.3 Å². The molecule has 2 heterocycles. The Bertz CT molecular complexity index is 717. The van der Waals surface area contributed by atoms with Crippen LogP contribution >= 0.6 is 11.3 Å². The van der Waals surface area contributed by atoms with Crippen LogP contribution < -0.4 is 10.2 Å². The number of para-hydroxylation sites is 2. The first-order chi connectivity index (χ1) is 10.6. The molecule has 0 spiro atoms. The van der Waals surface area contributed by atoms with E-state index in [2.05, 4.69) is 5.32 Å². The summed E-state index contributed by atoms with van der Waals surface area (Å²) in [5.41, 5.74) is 2.59. The van der Waals surface area contributed by atoms with E-state index in [-0.39, 0.29) is 11.8 Å². The fraction of sp³-hybridized carbons (Fsp3) is 0.294. The Labute approximate surface area is 133 Å². The van der Waals surface area contributed by atoms with Gasteiger partial charge in [0, 0.05) is 17.8 Å². The summed E-state index contributed by atoms with van der Waals surface area (Å²) in [5, 5.41) is 2.94. The van der Waals surface area contributed by atoms with E-state index in [1.165, 1.54) is 11.3 Å². The lowest BCUT2D eigenvalue weighted by Crippen LogP contribution is -2.25. The highest BCUT2D eigenvalue weighted by atomic mass is 32.1.